The van der Waals surface area contributed by atoms with Gasteiger partial charge in [-0.05, 0) is 55.8 Å². The lowest BCUT2D eigenvalue weighted by atomic mass is 10.2. The Morgan fingerprint density at radius 2 is 1.85 bits per heavy atom. The quantitative estimate of drug-likeness (QED) is 0.291. The molecule has 2 heterocycles. The molecule has 0 fully saturated rings. The molecule has 0 saturated carbocycles. The van der Waals surface area contributed by atoms with Crippen molar-refractivity contribution in [1.29, 1.82) is 0 Å². The van der Waals surface area contributed by atoms with Crippen LogP contribution in [0.5, 0.6) is 0 Å². The summed E-state index contributed by atoms with van der Waals surface area (Å²) < 4.78 is 17.1. The molecule has 0 aliphatic rings. The van der Waals surface area contributed by atoms with Gasteiger partial charge >= 0.3 is 0 Å². The van der Waals surface area contributed by atoms with Gasteiger partial charge in [0, 0.05) is 36.1 Å². The highest BCUT2D eigenvalue weighted by Gasteiger charge is 2.18. The van der Waals surface area contributed by atoms with E-state index in [-0.39, 0.29) is 23.3 Å². The molecule has 9 heteroatoms. The highest BCUT2D eigenvalue weighted by atomic mass is 32.2. The lowest BCUT2D eigenvalue weighted by Gasteiger charge is -2.10. The number of carbonyl (C=O) groups is 2. The second-order valence-corrected chi connectivity index (χ2v) is 8.87. The van der Waals surface area contributed by atoms with Crippen LogP contribution in [-0.2, 0) is 11.3 Å². The molecule has 1 N–H and O–H groups in total. The van der Waals surface area contributed by atoms with Crippen LogP contribution in [0.15, 0.2) is 66.1 Å². The van der Waals surface area contributed by atoms with Crippen LogP contribution >= 0.6 is 11.8 Å². The first kappa shape index (κ1) is 23.4. The SMILES string of the molecule is CC(=O)Nc1cccc(-n2cnnc2SCC(=O)c2cc(C)n(Cc3ccc(F)cc3)c2C)c1. The number of anilines is 1. The highest BCUT2D eigenvalue weighted by molar-refractivity contribution is 7.99. The Hall–Kier alpha value is -3.72. The monoisotopic (exact) mass is 477 g/mol. The molecule has 0 saturated heterocycles. The number of ketones is 1. The Balaban J connectivity index is 1.48. The molecule has 4 rings (SSSR count). The van der Waals surface area contributed by atoms with E-state index in [0.717, 1.165) is 22.6 Å². The maximum absolute atomic E-state index is 13.2. The molecule has 0 aliphatic carbocycles. The van der Waals surface area contributed by atoms with E-state index < -0.39 is 0 Å². The number of thioether (sulfide) groups is 1. The molecular weight excluding hydrogens is 453 g/mol. The number of hydrogen-bond donors (Lipinski definition) is 1. The van der Waals surface area contributed by atoms with Gasteiger partial charge in [0.05, 0.1) is 11.4 Å². The Bertz CT molecular complexity index is 1340. The second kappa shape index (κ2) is 10.0. The van der Waals surface area contributed by atoms with Crippen LogP contribution in [0, 0.1) is 19.7 Å². The lowest BCUT2D eigenvalue weighted by Crippen LogP contribution is -2.08. The molecule has 0 bridgehead atoms. The van der Waals surface area contributed by atoms with Crippen LogP contribution in [0.2, 0.25) is 0 Å². The van der Waals surface area contributed by atoms with Crippen LogP contribution in [0.25, 0.3) is 5.69 Å². The summed E-state index contributed by atoms with van der Waals surface area (Å²) in [7, 11) is 0. The van der Waals surface area contributed by atoms with E-state index in [1.54, 1.807) is 29.1 Å². The molecule has 0 radical (unpaired) electrons. The van der Waals surface area contributed by atoms with E-state index >= 15 is 0 Å². The average molecular weight is 478 g/mol. The van der Waals surface area contributed by atoms with Crippen molar-refractivity contribution < 1.29 is 14.0 Å². The average Bonchev–Trinajstić information content (AvgIpc) is 3.38. The van der Waals surface area contributed by atoms with Crippen molar-refractivity contribution in [3.05, 3.63) is 89.3 Å². The summed E-state index contributed by atoms with van der Waals surface area (Å²) in [4.78, 5) is 24.4. The van der Waals surface area contributed by atoms with Crippen molar-refractivity contribution in [2.24, 2.45) is 0 Å². The molecule has 0 aliphatic heterocycles. The zero-order valence-electron chi connectivity index (χ0n) is 19.1. The first-order valence-corrected chi connectivity index (χ1v) is 11.7. The van der Waals surface area contributed by atoms with Crippen molar-refractivity contribution in [3.8, 4) is 5.69 Å². The maximum atomic E-state index is 13.2. The summed E-state index contributed by atoms with van der Waals surface area (Å²) in [5.74, 6) is -0.235. The van der Waals surface area contributed by atoms with Gasteiger partial charge in [-0.2, -0.15) is 0 Å². The number of nitrogens with one attached hydrogen (secondary N) is 1. The number of halogens is 1. The van der Waals surface area contributed by atoms with Gasteiger partial charge in [-0.15, -0.1) is 10.2 Å². The van der Waals surface area contributed by atoms with E-state index in [9.17, 15) is 14.0 Å². The number of aromatic nitrogens is 4. The Kier molecular flexibility index (Phi) is 6.93. The third-order valence-corrected chi connectivity index (χ3v) is 6.36. The Labute approximate surface area is 201 Å². The van der Waals surface area contributed by atoms with Crippen LogP contribution in [0.1, 0.15) is 34.2 Å². The zero-order valence-corrected chi connectivity index (χ0v) is 19.9. The zero-order chi connectivity index (χ0) is 24.2. The second-order valence-electron chi connectivity index (χ2n) is 7.92. The first-order valence-electron chi connectivity index (χ1n) is 10.7. The summed E-state index contributed by atoms with van der Waals surface area (Å²) in [5, 5.41) is 11.5. The Morgan fingerprint density at radius 3 is 2.59 bits per heavy atom. The van der Waals surface area contributed by atoms with E-state index in [2.05, 4.69) is 20.1 Å². The molecule has 0 spiro atoms. The minimum atomic E-state index is -0.271. The van der Waals surface area contributed by atoms with Crippen LogP contribution in [0.3, 0.4) is 0 Å². The van der Waals surface area contributed by atoms with Crippen molar-refractivity contribution in [1.82, 2.24) is 19.3 Å². The fourth-order valence-corrected chi connectivity index (χ4v) is 4.56. The van der Waals surface area contributed by atoms with Crippen LogP contribution < -0.4 is 5.32 Å². The fourth-order valence-electron chi connectivity index (χ4n) is 3.74. The standard InChI is InChI=1S/C25H24FN5O2S/c1-16-11-23(17(2)30(16)13-19-7-9-20(26)10-8-19)24(33)14-34-25-29-27-15-31(25)22-6-4-5-21(12-22)28-18(3)32/h4-12,15H,13-14H2,1-3H3,(H,28,32). The summed E-state index contributed by atoms with van der Waals surface area (Å²) in [6.45, 7) is 5.90. The van der Waals surface area contributed by atoms with Gasteiger partial charge in [-0.1, -0.05) is 30.0 Å². The number of aryl methyl sites for hydroxylation is 1. The van der Waals surface area contributed by atoms with E-state index in [1.165, 1.54) is 30.8 Å². The third kappa shape index (κ3) is 5.26. The molecule has 2 aromatic carbocycles. The first-order chi connectivity index (χ1) is 16.3. The van der Waals surface area contributed by atoms with Gasteiger partial charge in [0.25, 0.3) is 0 Å². The number of carbonyl (C=O) groups excluding carboxylic acids is 2. The molecule has 7 nitrogen and oxygen atoms in total. The van der Waals surface area contributed by atoms with Gasteiger partial charge in [-0.25, -0.2) is 4.39 Å². The van der Waals surface area contributed by atoms with Gasteiger partial charge in [-0.3, -0.25) is 14.2 Å². The van der Waals surface area contributed by atoms with Crippen LogP contribution in [0.4, 0.5) is 10.1 Å². The van der Waals surface area contributed by atoms with Gasteiger partial charge in [0.2, 0.25) is 5.91 Å². The molecule has 1 amide bonds. The number of Topliss-reactive ketones (excluding diaryl/α,β-unsaturated/α-hetero) is 1. The maximum Gasteiger partial charge on any atom is 0.221 e. The van der Waals surface area contributed by atoms with Crippen molar-refractivity contribution >= 4 is 29.1 Å². The van der Waals surface area contributed by atoms with Gasteiger partial charge in [0.1, 0.15) is 12.1 Å². The third-order valence-electron chi connectivity index (χ3n) is 5.42. The lowest BCUT2D eigenvalue weighted by molar-refractivity contribution is -0.114. The molecule has 174 valence electrons. The Morgan fingerprint density at radius 1 is 1.09 bits per heavy atom. The van der Waals surface area contributed by atoms with E-state index in [4.69, 9.17) is 0 Å². The summed E-state index contributed by atoms with van der Waals surface area (Å²) in [6, 6.07) is 15.6. The number of benzene rings is 2. The summed E-state index contributed by atoms with van der Waals surface area (Å²) in [5.41, 5.74) is 4.91. The summed E-state index contributed by atoms with van der Waals surface area (Å²) >= 11 is 1.30. The molecular formula is C25H24FN5O2S. The normalized spacial score (nSPS) is 10.9. The van der Waals surface area contributed by atoms with Crippen LogP contribution in [-0.4, -0.2) is 36.8 Å². The van der Waals surface area contributed by atoms with Crippen molar-refractivity contribution in [3.63, 3.8) is 0 Å². The molecule has 0 atom stereocenters. The largest absolute Gasteiger partial charge is 0.344 e. The summed E-state index contributed by atoms with van der Waals surface area (Å²) in [6.07, 6.45) is 1.58. The number of nitrogens with zero attached hydrogens (tertiary/aromatic N) is 4. The number of amides is 1. The van der Waals surface area contributed by atoms with E-state index in [0.29, 0.717) is 23.0 Å². The topological polar surface area (TPSA) is 81.8 Å². The minimum Gasteiger partial charge on any atom is -0.344 e. The van der Waals surface area contributed by atoms with E-state index in [1.807, 2.05) is 38.1 Å². The molecule has 34 heavy (non-hydrogen) atoms. The number of hydrogen-bond acceptors (Lipinski definition) is 5. The van der Waals surface area contributed by atoms with Gasteiger partial charge in [0.15, 0.2) is 10.9 Å². The predicted molar refractivity (Wildman–Crippen MR) is 130 cm³/mol. The molecule has 0 unspecified atom stereocenters. The van der Waals surface area contributed by atoms with Gasteiger partial charge < -0.3 is 9.88 Å². The fraction of sp³-hybridized carbons (Fsp3) is 0.200. The predicted octanol–water partition coefficient (Wildman–Crippen LogP) is 4.81. The molecule has 4 aromatic rings. The molecule has 2 aromatic heterocycles. The van der Waals surface area contributed by atoms with Crippen molar-refractivity contribution in [2.45, 2.75) is 32.5 Å². The minimum absolute atomic E-state index is 0.00926. The smallest absolute Gasteiger partial charge is 0.221 e. The highest BCUT2D eigenvalue weighted by Crippen LogP contribution is 2.24. The van der Waals surface area contributed by atoms with Crippen molar-refractivity contribution in [2.75, 3.05) is 11.1 Å². The number of rotatable bonds is 8.